The first-order chi connectivity index (χ1) is 12.5. The fourth-order valence-corrected chi connectivity index (χ4v) is 3.76. The van der Waals surface area contributed by atoms with Gasteiger partial charge in [0.05, 0.1) is 0 Å². The lowest BCUT2D eigenvalue weighted by molar-refractivity contribution is -0.129. The molecule has 0 aliphatic carbocycles. The molecule has 2 amide bonds. The molecule has 0 spiro atoms. The van der Waals surface area contributed by atoms with Gasteiger partial charge in [0.1, 0.15) is 6.04 Å². The number of amides is 2. The fourth-order valence-electron chi connectivity index (χ4n) is 3.11. The monoisotopic (exact) mass is 370 g/mol. The number of benzene rings is 2. The summed E-state index contributed by atoms with van der Waals surface area (Å²) in [5.41, 5.74) is 2.41. The Kier molecular flexibility index (Phi) is 5.83. The Hall–Kier alpha value is -2.47. The lowest BCUT2D eigenvalue weighted by Gasteiger charge is -2.17. The van der Waals surface area contributed by atoms with E-state index in [1.807, 2.05) is 36.4 Å². The van der Waals surface area contributed by atoms with E-state index in [1.165, 1.54) is 0 Å². The minimum Gasteiger partial charge on any atom is -0.340 e. The molecule has 136 valence electrons. The van der Waals surface area contributed by atoms with Crippen LogP contribution < -0.4 is 5.32 Å². The highest BCUT2D eigenvalue weighted by Gasteiger charge is 2.32. The summed E-state index contributed by atoms with van der Waals surface area (Å²) in [5, 5.41) is 2.84. The van der Waals surface area contributed by atoms with Crippen LogP contribution in [0.15, 0.2) is 54.6 Å². The van der Waals surface area contributed by atoms with Gasteiger partial charge in [-0.2, -0.15) is 0 Å². The third-order valence-electron chi connectivity index (χ3n) is 4.38. The summed E-state index contributed by atoms with van der Waals surface area (Å²) in [6, 6.07) is 16.4. The van der Waals surface area contributed by atoms with Gasteiger partial charge in [-0.15, -0.1) is 0 Å². The van der Waals surface area contributed by atoms with E-state index in [4.69, 9.17) is 0 Å². The first kappa shape index (κ1) is 18.3. The molecule has 1 aliphatic rings. The molecular weight excluding hydrogens is 348 g/mol. The molecule has 0 radical (unpaired) electrons. The molecule has 1 fully saturated rings. The number of carbonyl (C=O) groups is 2. The van der Waals surface area contributed by atoms with Crippen LogP contribution in [0, 0.1) is 0 Å². The second-order valence-corrected chi connectivity index (χ2v) is 7.91. The van der Waals surface area contributed by atoms with E-state index < -0.39 is 16.8 Å². The number of nitrogens with zero attached hydrogens (tertiary/aromatic N) is 1. The molecule has 26 heavy (non-hydrogen) atoms. The summed E-state index contributed by atoms with van der Waals surface area (Å²) in [7, 11) is -0.965. The topological polar surface area (TPSA) is 66.5 Å². The molecule has 6 heteroatoms. The minimum atomic E-state index is -0.965. The number of likely N-dealkylation sites (tertiary alicyclic amines) is 1. The molecule has 3 rings (SSSR count). The highest BCUT2D eigenvalue weighted by atomic mass is 32.2. The Labute approximate surface area is 155 Å². The predicted molar refractivity (Wildman–Crippen MR) is 102 cm³/mol. The van der Waals surface area contributed by atoms with Crippen molar-refractivity contribution in [3.8, 4) is 0 Å². The molecule has 2 aromatic carbocycles. The van der Waals surface area contributed by atoms with Crippen LogP contribution in [-0.4, -0.2) is 39.8 Å². The molecule has 1 saturated heterocycles. The van der Waals surface area contributed by atoms with Gasteiger partial charge in [0, 0.05) is 41.5 Å². The van der Waals surface area contributed by atoms with Crippen LogP contribution in [0.5, 0.6) is 0 Å². The van der Waals surface area contributed by atoms with Gasteiger partial charge in [-0.3, -0.25) is 13.8 Å². The van der Waals surface area contributed by atoms with Crippen LogP contribution in [-0.2, 0) is 27.9 Å². The number of hydrogen-bond acceptors (Lipinski definition) is 3. The van der Waals surface area contributed by atoms with Crippen molar-refractivity contribution >= 4 is 22.6 Å². The van der Waals surface area contributed by atoms with Crippen molar-refractivity contribution in [3.63, 3.8) is 0 Å². The molecule has 1 N–H and O–H groups in total. The standard InChI is InChI=1S/C20H22N2O3S/c1-26(25)14-16-8-5-9-17(12-16)19(23)21-18-10-11-22(20(18)24)13-15-6-3-2-4-7-15/h2-9,12,18H,10-11,13-14H2,1H3,(H,21,23). The third-order valence-corrected chi connectivity index (χ3v) is 5.12. The molecule has 0 saturated carbocycles. The number of carbonyl (C=O) groups excluding carboxylic acids is 2. The molecule has 0 bridgehead atoms. The Morgan fingerprint density at radius 1 is 1.15 bits per heavy atom. The summed E-state index contributed by atoms with van der Waals surface area (Å²) >= 11 is 0. The van der Waals surface area contributed by atoms with Crippen LogP contribution in [0.25, 0.3) is 0 Å². The van der Waals surface area contributed by atoms with E-state index in [1.54, 1.807) is 29.4 Å². The van der Waals surface area contributed by atoms with Crippen molar-refractivity contribution in [2.24, 2.45) is 0 Å². The van der Waals surface area contributed by atoms with Crippen molar-refractivity contribution in [1.29, 1.82) is 0 Å². The highest BCUT2D eigenvalue weighted by molar-refractivity contribution is 7.83. The quantitative estimate of drug-likeness (QED) is 0.847. The molecule has 0 aromatic heterocycles. The number of hydrogen-bond donors (Lipinski definition) is 1. The second-order valence-electron chi connectivity index (χ2n) is 6.48. The molecule has 2 aromatic rings. The van der Waals surface area contributed by atoms with E-state index in [9.17, 15) is 13.8 Å². The lowest BCUT2D eigenvalue weighted by atomic mass is 10.1. The molecule has 2 atom stereocenters. The van der Waals surface area contributed by atoms with Crippen molar-refractivity contribution in [1.82, 2.24) is 10.2 Å². The smallest absolute Gasteiger partial charge is 0.251 e. The van der Waals surface area contributed by atoms with Gasteiger partial charge in [0.25, 0.3) is 5.91 Å². The molecule has 1 heterocycles. The Morgan fingerprint density at radius 3 is 2.62 bits per heavy atom. The Balaban J connectivity index is 1.61. The van der Waals surface area contributed by atoms with E-state index >= 15 is 0 Å². The highest BCUT2D eigenvalue weighted by Crippen LogP contribution is 2.16. The van der Waals surface area contributed by atoms with Crippen LogP contribution in [0.1, 0.15) is 27.9 Å². The summed E-state index contributed by atoms with van der Waals surface area (Å²) in [6.07, 6.45) is 2.24. The largest absolute Gasteiger partial charge is 0.340 e. The van der Waals surface area contributed by atoms with E-state index in [-0.39, 0.29) is 11.8 Å². The second kappa shape index (κ2) is 8.27. The predicted octanol–water partition coefficient (Wildman–Crippen LogP) is 2.10. The third kappa shape index (κ3) is 4.58. The SMILES string of the molecule is CS(=O)Cc1cccc(C(=O)NC2CCN(Cc3ccccc3)C2=O)c1. The van der Waals surface area contributed by atoms with E-state index in [2.05, 4.69) is 5.32 Å². The minimum absolute atomic E-state index is 0.0481. The van der Waals surface area contributed by atoms with Crippen molar-refractivity contribution in [2.75, 3.05) is 12.8 Å². The van der Waals surface area contributed by atoms with Crippen molar-refractivity contribution < 1.29 is 13.8 Å². The average molecular weight is 370 g/mol. The molecule has 5 nitrogen and oxygen atoms in total. The molecular formula is C20H22N2O3S. The lowest BCUT2D eigenvalue weighted by Crippen LogP contribution is -2.41. The maximum atomic E-state index is 12.6. The van der Waals surface area contributed by atoms with Gasteiger partial charge in [0.2, 0.25) is 5.91 Å². The van der Waals surface area contributed by atoms with E-state index in [0.29, 0.717) is 30.8 Å². The summed E-state index contributed by atoms with van der Waals surface area (Å²) < 4.78 is 11.4. The molecule has 1 aliphatic heterocycles. The number of rotatable bonds is 6. The normalized spacial score (nSPS) is 18.0. The van der Waals surface area contributed by atoms with Gasteiger partial charge in [-0.05, 0) is 29.7 Å². The maximum absolute atomic E-state index is 12.6. The van der Waals surface area contributed by atoms with Gasteiger partial charge in [0.15, 0.2) is 0 Å². The summed E-state index contributed by atoms with van der Waals surface area (Å²) in [5.74, 6) is 0.0931. The van der Waals surface area contributed by atoms with Gasteiger partial charge in [-0.25, -0.2) is 0 Å². The van der Waals surface area contributed by atoms with Gasteiger partial charge >= 0.3 is 0 Å². The first-order valence-corrected chi connectivity index (χ1v) is 10.3. The van der Waals surface area contributed by atoms with Crippen LogP contribution in [0.3, 0.4) is 0 Å². The van der Waals surface area contributed by atoms with Crippen molar-refractivity contribution in [2.45, 2.75) is 24.8 Å². The molecule has 2 unspecified atom stereocenters. The van der Waals surface area contributed by atoms with Crippen LogP contribution in [0.2, 0.25) is 0 Å². The fraction of sp³-hybridized carbons (Fsp3) is 0.300. The van der Waals surface area contributed by atoms with Crippen LogP contribution in [0.4, 0.5) is 0 Å². The Bertz CT molecular complexity index is 823. The average Bonchev–Trinajstić information content (AvgIpc) is 2.95. The number of nitrogens with one attached hydrogen (secondary N) is 1. The van der Waals surface area contributed by atoms with Gasteiger partial charge < -0.3 is 10.2 Å². The Morgan fingerprint density at radius 2 is 1.88 bits per heavy atom. The summed E-state index contributed by atoms with van der Waals surface area (Å²) in [4.78, 5) is 26.8. The zero-order valence-corrected chi connectivity index (χ0v) is 15.5. The zero-order chi connectivity index (χ0) is 18.5. The summed E-state index contributed by atoms with van der Waals surface area (Å²) in [6.45, 7) is 1.19. The van der Waals surface area contributed by atoms with E-state index in [0.717, 1.165) is 11.1 Å². The van der Waals surface area contributed by atoms with Gasteiger partial charge in [-0.1, -0.05) is 42.5 Å². The van der Waals surface area contributed by atoms with Crippen LogP contribution >= 0.6 is 0 Å². The first-order valence-electron chi connectivity index (χ1n) is 8.55. The maximum Gasteiger partial charge on any atom is 0.251 e. The zero-order valence-electron chi connectivity index (χ0n) is 14.7. The van der Waals surface area contributed by atoms with Crippen molar-refractivity contribution in [3.05, 3.63) is 71.3 Å².